The lowest BCUT2D eigenvalue weighted by Gasteiger charge is -2.21. The summed E-state index contributed by atoms with van der Waals surface area (Å²) in [5.41, 5.74) is 1.15. The Hall–Kier alpha value is -2.24. The van der Waals surface area contributed by atoms with Crippen LogP contribution >= 0.6 is 0 Å². The molecule has 25 heavy (non-hydrogen) atoms. The van der Waals surface area contributed by atoms with Gasteiger partial charge in [-0.3, -0.25) is 0 Å². The topological polar surface area (TPSA) is 60.0 Å². The number of nitrogens with one attached hydrogen (secondary N) is 1. The van der Waals surface area contributed by atoms with E-state index in [9.17, 15) is 5.11 Å². The second-order valence-electron chi connectivity index (χ2n) is 5.87. The van der Waals surface area contributed by atoms with Crippen LogP contribution in [0.15, 0.2) is 48.5 Å². The van der Waals surface area contributed by atoms with Crippen molar-refractivity contribution in [3.05, 3.63) is 54.1 Å². The molecule has 0 saturated heterocycles. The van der Waals surface area contributed by atoms with Crippen LogP contribution in [-0.2, 0) is 6.42 Å². The average molecular weight is 345 g/mol. The first-order valence-corrected chi connectivity index (χ1v) is 8.44. The molecule has 2 N–H and O–H groups in total. The van der Waals surface area contributed by atoms with E-state index in [1.165, 1.54) is 0 Å². The maximum atomic E-state index is 10.2. The lowest BCUT2D eigenvalue weighted by molar-refractivity contribution is 0.0788. The summed E-state index contributed by atoms with van der Waals surface area (Å²) in [6, 6.07) is 15.3. The highest BCUT2D eigenvalue weighted by Gasteiger charge is 2.14. The minimum atomic E-state index is -0.578. The third-order valence-corrected chi connectivity index (χ3v) is 4.07. The number of aliphatic hydroxyl groups excluding tert-OH is 1. The van der Waals surface area contributed by atoms with Crippen molar-refractivity contribution in [1.82, 2.24) is 5.32 Å². The van der Waals surface area contributed by atoms with Crippen molar-refractivity contribution in [2.75, 3.05) is 27.4 Å². The fourth-order valence-corrected chi connectivity index (χ4v) is 2.46. The predicted octanol–water partition coefficient (Wildman–Crippen LogP) is 2.66. The van der Waals surface area contributed by atoms with Gasteiger partial charge < -0.3 is 24.6 Å². The average Bonchev–Trinajstić information content (AvgIpc) is 2.66. The van der Waals surface area contributed by atoms with E-state index in [2.05, 4.69) is 5.32 Å². The van der Waals surface area contributed by atoms with Gasteiger partial charge in [-0.15, -0.1) is 0 Å². The summed E-state index contributed by atoms with van der Waals surface area (Å²) in [4.78, 5) is 0. The largest absolute Gasteiger partial charge is 0.493 e. The smallest absolute Gasteiger partial charge is 0.160 e. The fraction of sp³-hybridized carbons (Fsp3) is 0.400. The summed E-state index contributed by atoms with van der Waals surface area (Å²) < 4.78 is 16.1. The van der Waals surface area contributed by atoms with E-state index in [4.69, 9.17) is 14.2 Å². The third kappa shape index (κ3) is 5.96. The molecule has 0 unspecified atom stereocenters. The molecule has 136 valence electrons. The first kappa shape index (κ1) is 19.1. The molecule has 2 atom stereocenters. The van der Waals surface area contributed by atoms with Crippen LogP contribution in [0.3, 0.4) is 0 Å². The van der Waals surface area contributed by atoms with Gasteiger partial charge in [-0.1, -0.05) is 24.3 Å². The molecule has 5 nitrogen and oxygen atoms in total. The number of hydrogen-bond donors (Lipinski definition) is 2. The zero-order valence-corrected chi connectivity index (χ0v) is 15.1. The number of ether oxygens (including phenoxy) is 3. The molecule has 2 aromatic carbocycles. The Morgan fingerprint density at radius 2 is 1.72 bits per heavy atom. The van der Waals surface area contributed by atoms with Crippen molar-refractivity contribution in [2.45, 2.75) is 25.5 Å². The molecule has 0 aromatic heterocycles. The van der Waals surface area contributed by atoms with Gasteiger partial charge in [0.15, 0.2) is 11.5 Å². The molecule has 0 fully saturated rings. The number of para-hydroxylation sites is 1. The highest BCUT2D eigenvalue weighted by atomic mass is 16.5. The van der Waals surface area contributed by atoms with Crippen molar-refractivity contribution in [3.8, 4) is 17.2 Å². The molecule has 0 spiro atoms. The van der Waals surface area contributed by atoms with Gasteiger partial charge in [0.05, 0.1) is 14.2 Å². The van der Waals surface area contributed by atoms with Gasteiger partial charge in [0.25, 0.3) is 0 Å². The molecule has 0 saturated carbocycles. The summed E-state index contributed by atoms with van der Waals surface area (Å²) in [5.74, 6) is 2.21. The van der Waals surface area contributed by atoms with Crippen molar-refractivity contribution in [2.24, 2.45) is 0 Å². The zero-order valence-electron chi connectivity index (χ0n) is 15.1. The van der Waals surface area contributed by atoms with Crippen LogP contribution in [0.2, 0.25) is 0 Å². The van der Waals surface area contributed by atoms with Gasteiger partial charge >= 0.3 is 0 Å². The Bertz CT molecular complexity index is 633. The Morgan fingerprint density at radius 1 is 1.00 bits per heavy atom. The van der Waals surface area contributed by atoms with Gasteiger partial charge in [-0.25, -0.2) is 0 Å². The van der Waals surface area contributed by atoms with Crippen LogP contribution in [0.1, 0.15) is 12.5 Å². The number of methoxy groups -OCH3 is 2. The van der Waals surface area contributed by atoms with Gasteiger partial charge in [-0.05, 0) is 49.7 Å². The highest BCUT2D eigenvalue weighted by molar-refractivity contribution is 5.42. The molecule has 2 rings (SSSR count). The molecular weight excluding hydrogens is 318 g/mol. The molecule has 0 heterocycles. The SMILES string of the molecule is COc1ccc(CCN[C@H](C)[C@H](O)COc2ccccc2)cc1OC. The molecule has 0 bridgehead atoms. The highest BCUT2D eigenvalue weighted by Crippen LogP contribution is 2.27. The van der Waals surface area contributed by atoms with E-state index in [0.29, 0.717) is 0 Å². The minimum Gasteiger partial charge on any atom is -0.493 e. The second-order valence-corrected chi connectivity index (χ2v) is 5.87. The third-order valence-electron chi connectivity index (χ3n) is 4.07. The normalized spacial score (nSPS) is 13.1. The summed E-state index contributed by atoms with van der Waals surface area (Å²) in [6.07, 6.45) is 0.252. The quantitative estimate of drug-likeness (QED) is 0.693. The van der Waals surface area contributed by atoms with Crippen LogP contribution in [0.4, 0.5) is 0 Å². The predicted molar refractivity (Wildman–Crippen MR) is 98.7 cm³/mol. The Morgan fingerprint density at radius 3 is 2.40 bits per heavy atom. The molecule has 0 radical (unpaired) electrons. The van der Waals surface area contributed by atoms with Crippen molar-refractivity contribution in [1.29, 1.82) is 0 Å². The van der Waals surface area contributed by atoms with Gasteiger partial charge in [0.2, 0.25) is 0 Å². The Kier molecular flexibility index (Phi) is 7.57. The van der Waals surface area contributed by atoms with Crippen LogP contribution < -0.4 is 19.5 Å². The lowest BCUT2D eigenvalue weighted by Crippen LogP contribution is -2.41. The Labute approximate surface area is 149 Å². The minimum absolute atomic E-state index is 0.0659. The second kappa shape index (κ2) is 9.91. The molecule has 0 aliphatic heterocycles. The maximum Gasteiger partial charge on any atom is 0.160 e. The first-order valence-electron chi connectivity index (χ1n) is 8.44. The van der Waals surface area contributed by atoms with E-state index in [-0.39, 0.29) is 12.6 Å². The fourth-order valence-electron chi connectivity index (χ4n) is 2.46. The van der Waals surface area contributed by atoms with Crippen LogP contribution in [0, 0.1) is 0 Å². The molecule has 2 aromatic rings. The van der Waals surface area contributed by atoms with Crippen molar-refractivity contribution < 1.29 is 19.3 Å². The number of benzene rings is 2. The summed E-state index contributed by atoms with van der Waals surface area (Å²) in [6.45, 7) is 2.96. The number of hydrogen-bond acceptors (Lipinski definition) is 5. The Balaban J connectivity index is 1.75. The zero-order chi connectivity index (χ0) is 18.1. The monoisotopic (exact) mass is 345 g/mol. The van der Waals surface area contributed by atoms with Gasteiger partial charge in [-0.2, -0.15) is 0 Å². The molecule has 0 aliphatic carbocycles. The summed E-state index contributed by atoms with van der Waals surface area (Å²) in [5, 5.41) is 13.5. The summed E-state index contributed by atoms with van der Waals surface area (Å²) >= 11 is 0. The summed E-state index contributed by atoms with van der Waals surface area (Å²) in [7, 11) is 3.25. The lowest BCUT2D eigenvalue weighted by atomic mass is 10.1. The van der Waals surface area contributed by atoms with Gasteiger partial charge in [0, 0.05) is 6.04 Å². The number of aliphatic hydroxyl groups is 1. The van der Waals surface area contributed by atoms with E-state index in [1.807, 2.05) is 55.5 Å². The van der Waals surface area contributed by atoms with E-state index < -0.39 is 6.10 Å². The molecular formula is C20H27NO4. The maximum absolute atomic E-state index is 10.2. The standard InChI is InChI=1S/C20H27NO4/c1-15(18(22)14-25-17-7-5-4-6-8-17)21-12-11-16-9-10-19(23-2)20(13-16)24-3/h4-10,13,15,18,21-22H,11-12,14H2,1-3H3/t15-,18-/m1/s1. The van der Waals surface area contributed by atoms with E-state index in [1.54, 1.807) is 14.2 Å². The van der Waals surface area contributed by atoms with Gasteiger partial charge in [0.1, 0.15) is 18.5 Å². The van der Waals surface area contributed by atoms with E-state index in [0.717, 1.165) is 35.8 Å². The molecule has 0 aliphatic rings. The molecule has 5 heteroatoms. The van der Waals surface area contributed by atoms with Crippen molar-refractivity contribution in [3.63, 3.8) is 0 Å². The first-order chi connectivity index (χ1) is 12.1. The molecule has 0 amide bonds. The number of rotatable bonds is 10. The van der Waals surface area contributed by atoms with Crippen LogP contribution in [0.5, 0.6) is 17.2 Å². The van der Waals surface area contributed by atoms with Crippen LogP contribution in [-0.4, -0.2) is 44.6 Å². The van der Waals surface area contributed by atoms with Crippen molar-refractivity contribution >= 4 is 0 Å². The van der Waals surface area contributed by atoms with Crippen LogP contribution in [0.25, 0.3) is 0 Å². The van der Waals surface area contributed by atoms with E-state index >= 15 is 0 Å².